The van der Waals surface area contributed by atoms with E-state index in [1.54, 1.807) is 0 Å². The first-order chi connectivity index (χ1) is 9.84. The maximum Gasteiger partial charge on any atom is -0.0190 e. The summed E-state index contributed by atoms with van der Waals surface area (Å²) in [5.41, 5.74) is 1.50. The fraction of sp³-hybridized carbons (Fsp3) is 0.700. The second kappa shape index (κ2) is 16.8. The van der Waals surface area contributed by atoms with Crippen LogP contribution in [0.5, 0.6) is 0 Å². The van der Waals surface area contributed by atoms with E-state index in [9.17, 15) is 0 Å². The van der Waals surface area contributed by atoms with Crippen LogP contribution in [0.2, 0.25) is 0 Å². The molecule has 0 saturated heterocycles. The number of halogens is 1. The average Bonchev–Trinajstić information content (AvgIpc) is 2.50. The lowest BCUT2D eigenvalue weighted by molar-refractivity contribution is 0.535. The SMILES string of the molecule is CCCCCCCCCCCCC(C)c1ccccc1.Cl.N. The van der Waals surface area contributed by atoms with Crippen molar-refractivity contribution in [3.8, 4) is 0 Å². The van der Waals surface area contributed by atoms with E-state index in [4.69, 9.17) is 0 Å². The summed E-state index contributed by atoms with van der Waals surface area (Å²) >= 11 is 0. The summed E-state index contributed by atoms with van der Waals surface area (Å²) < 4.78 is 0. The molecule has 1 aromatic rings. The maximum absolute atomic E-state index is 2.36. The second-order valence-electron chi connectivity index (χ2n) is 6.28. The van der Waals surface area contributed by atoms with Crippen molar-refractivity contribution in [1.29, 1.82) is 0 Å². The van der Waals surface area contributed by atoms with Gasteiger partial charge in [-0.25, -0.2) is 0 Å². The Morgan fingerprint density at radius 3 is 1.68 bits per heavy atom. The summed E-state index contributed by atoms with van der Waals surface area (Å²) in [4.78, 5) is 0. The highest BCUT2D eigenvalue weighted by molar-refractivity contribution is 5.85. The van der Waals surface area contributed by atoms with Crippen LogP contribution in [0.25, 0.3) is 0 Å². The van der Waals surface area contributed by atoms with Crippen molar-refractivity contribution in [2.45, 2.75) is 90.4 Å². The van der Waals surface area contributed by atoms with Crippen LogP contribution in [0.15, 0.2) is 30.3 Å². The quantitative estimate of drug-likeness (QED) is 0.392. The Labute approximate surface area is 145 Å². The fourth-order valence-electron chi connectivity index (χ4n) is 2.89. The molecule has 0 fully saturated rings. The Balaban J connectivity index is 0. The van der Waals surface area contributed by atoms with Gasteiger partial charge in [0.15, 0.2) is 0 Å². The van der Waals surface area contributed by atoms with E-state index in [-0.39, 0.29) is 18.6 Å². The normalized spacial score (nSPS) is 11.4. The summed E-state index contributed by atoms with van der Waals surface area (Å²) in [6, 6.07) is 11.0. The first-order valence-electron chi connectivity index (χ1n) is 8.89. The minimum Gasteiger partial charge on any atom is -0.344 e. The molecule has 130 valence electrons. The zero-order valence-corrected chi connectivity index (χ0v) is 15.7. The summed E-state index contributed by atoms with van der Waals surface area (Å²) in [5.74, 6) is 0.727. The van der Waals surface area contributed by atoms with Gasteiger partial charge in [0.2, 0.25) is 0 Å². The van der Waals surface area contributed by atoms with Crippen LogP contribution in [0, 0.1) is 0 Å². The van der Waals surface area contributed by atoms with Crippen LogP contribution in [-0.4, -0.2) is 0 Å². The van der Waals surface area contributed by atoms with Gasteiger partial charge < -0.3 is 6.15 Å². The van der Waals surface area contributed by atoms with Gasteiger partial charge in [0, 0.05) is 0 Å². The number of unbranched alkanes of at least 4 members (excludes halogenated alkanes) is 9. The molecule has 3 N–H and O–H groups in total. The minimum atomic E-state index is 0. The van der Waals surface area contributed by atoms with E-state index in [1.807, 2.05) is 0 Å². The molecule has 1 rings (SSSR count). The van der Waals surface area contributed by atoms with Crippen molar-refractivity contribution in [3.63, 3.8) is 0 Å². The van der Waals surface area contributed by atoms with Crippen LogP contribution in [-0.2, 0) is 0 Å². The molecule has 1 nitrogen and oxygen atoms in total. The molecular weight excluding hydrogens is 290 g/mol. The number of hydrogen-bond acceptors (Lipinski definition) is 1. The average molecular weight is 328 g/mol. The lowest BCUT2D eigenvalue weighted by Crippen LogP contribution is -1.93. The molecule has 1 atom stereocenters. The van der Waals surface area contributed by atoms with Gasteiger partial charge >= 0.3 is 0 Å². The molecule has 0 bridgehead atoms. The third-order valence-corrected chi connectivity index (χ3v) is 4.36. The second-order valence-corrected chi connectivity index (χ2v) is 6.28. The summed E-state index contributed by atoms with van der Waals surface area (Å²) in [6.45, 7) is 4.65. The van der Waals surface area contributed by atoms with Crippen molar-refractivity contribution in [2.75, 3.05) is 0 Å². The Morgan fingerprint density at radius 1 is 0.727 bits per heavy atom. The van der Waals surface area contributed by atoms with Crippen molar-refractivity contribution in [3.05, 3.63) is 35.9 Å². The molecule has 0 aliphatic rings. The molecular formula is C20H38ClN. The third-order valence-electron chi connectivity index (χ3n) is 4.36. The van der Waals surface area contributed by atoms with Gasteiger partial charge in [-0.15, -0.1) is 12.4 Å². The molecule has 1 unspecified atom stereocenters. The van der Waals surface area contributed by atoms with Gasteiger partial charge in [0.05, 0.1) is 0 Å². The van der Waals surface area contributed by atoms with Crippen LogP contribution in [0.3, 0.4) is 0 Å². The van der Waals surface area contributed by atoms with Gasteiger partial charge in [0.25, 0.3) is 0 Å². The first-order valence-corrected chi connectivity index (χ1v) is 8.89. The molecule has 0 radical (unpaired) electrons. The smallest absolute Gasteiger partial charge is 0.0190 e. The Kier molecular flexibility index (Phi) is 18.2. The van der Waals surface area contributed by atoms with Gasteiger partial charge in [0.1, 0.15) is 0 Å². The highest BCUT2D eigenvalue weighted by atomic mass is 35.5. The van der Waals surface area contributed by atoms with Crippen LogP contribution in [0.4, 0.5) is 0 Å². The monoisotopic (exact) mass is 327 g/mol. The topological polar surface area (TPSA) is 35.0 Å². The van der Waals surface area contributed by atoms with E-state index in [2.05, 4.69) is 44.2 Å². The first kappa shape index (κ1) is 23.7. The Hall–Kier alpha value is -0.530. The van der Waals surface area contributed by atoms with E-state index in [1.165, 1.54) is 76.2 Å². The standard InChI is InChI=1S/C20H34.ClH.H3N/c1-3-4-5-6-7-8-9-10-11-13-16-19(2)20-17-14-12-15-18-20;;/h12,14-15,17-19H,3-11,13,16H2,1-2H3;1H;1H3. The van der Waals surface area contributed by atoms with Crippen molar-refractivity contribution >= 4 is 12.4 Å². The molecule has 1 aromatic carbocycles. The molecule has 0 spiro atoms. The predicted molar refractivity (Wildman–Crippen MR) is 104 cm³/mol. The summed E-state index contributed by atoms with van der Waals surface area (Å²) in [5, 5.41) is 0. The van der Waals surface area contributed by atoms with Crippen LogP contribution < -0.4 is 6.15 Å². The lowest BCUT2D eigenvalue weighted by atomic mass is 9.95. The number of rotatable bonds is 12. The van der Waals surface area contributed by atoms with E-state index < -0.39 is 0 Å². The number of hydrogen-bond donors (Lipinski definition) is 1. The highest BCUT2D eigenvalue weighted by Crippen LogP contribution is 2.22. The molecule has 2 heteroatoms. The molecule has 0 heterocycles. The Bertz CT molecular complexity index is 313. The largest absolute Gasteiger partial charge is 0.344 e. The molecule has 0 saturated carbocycles. The van der Waals surface area contributed by atoms with Crippen molar-refractivity contribution in [2.24, 2.45) is 0 Å². The van der Waals surface area contributed by atoms with E-state index >= 15 is 0 Å². The third kappa shape index (κ3) is 12.1. The summed E-state index contributed by atoms with van der Waals surface area (Å²) in [7, 11) is 0. The lowest BCUT2D eigenvalue weighted by Gasteiger charge is -2.11. The van der Waals surface area contributed by atoms with Gasteiger partial charge in [-0.05, 0) is 17.9 Å². The molecule has 0 aliphatic carbocycles. The van der Waals surface area contributed by atoms with Crippen molar-refractivity contribution in [1.82, 2.24) is 6.15 Å². The van der Waals surface area contributed by atoms with Crippen LogP contribution in [0.1, 0.15) is 96.0 Å². The van der Waals surface area contributed by atoms with Gasteiger partial charge in [-0.1, -0.05) is 108 Å². The summed E-state index contributed by atoms with van der Waals surface area (Å²) in [6.07, 6.45) is 15.7. The fourth-order valence-corrected chi connectivity index (χ4v) is 2.89. The van der Waals surface area contributed by atoms with E-state index in [0.29, 0.717) is 0 Å². The molecule has 0 amide bonds. The van der Waals surface area contributed by atoms with Crippen molar-refractivity contribution < 1.29 is 0 Å². The van der Waals surface area contributed by atoms with Gasteiger partial charge in [-0.2, -0.15) is 0 Å². The molecule has 0 aromatic heterocycles. The highest BCUT2D eigenvalue weighted by Gasteiger charge is 2.03. The zero-order chi connectivity index (χ0) is 14.5. The minimum absolute atomic E-state index is 0. The maximum atomic E-state index is 2.36. The van der Waals surface area contributed by atoms with E-state index in [0.717, 1.165) is 5.92 Å². The van der Waals surface area contributed by atoms with Crippen LogP contribution >= 0.6 is 12.4 Å². The zero-order valence-electron chi connectivity index (χ0n) is 14.9. The molecule has 22 heavy (non-hydrogen) atoms. The van der Waals surface area contributed by atoms with Gasteiger partial charge in [-0.3, -0.25) is 0 Å². The molecule has 0 aliphatic heterocycles. The predicted octanol–water partition coefficient (Wildman–Crippen LogP) is 7.68. The number of benzene rings is 1. The Morgan fingerprint density at radius 2 is 1.18 bits per heavy atom.